The Morgan fingerprint density at radius 2 is 2.14 bits per heavy atom. The smallest absolute Gasteiger partial charge is 0.313 e. The Bertz CT molecular complexity index is 515. The molecule has 3 nitrogen and oxygen atoms in total. The van der Waals surface area contributed by atoms with Crippen molar-refractivity contribution in [2.24, 2.45) is 11.3 Å². The number of piperidine rings is 1. The van der Waals surface area contributed by atoms with E-state index in [1.807, 2.05) is 6.92 Å². The van der Waals surface area contributed by atoms with Gasteiger partial charge in [0.05, 0.1) is 12.0 Å². The van der Waals surface area contributed by atoms with Crippen LogP contribution >= 0.6 is 0 Å². The molecule has 3 heteroatoms. The van der Waals surface area contributed by atoms with Crippen LogP contribution in [0.4, 0.5) is 0 Å². The minimum absolute atomic E-state index is 0.0436. The van der Waals surface area contributed by atoms with E-state index >= 15 is 0 Å². The largest absolute Gasteiger partial charge is 0.466 e. The first-order valence-corrected chi connectivity index (χ1v) is 8.61. The van der Waals surface area contributed by atoms with Gasteiger partial charge in [-0.25, -0.2) is 0 Å². The number of likely N-dealkylation sites (tertiary alicyclic amines) is 1. The fourth-order valence-corrected chi connectivity index (χ4v) is 4.63. The van der Waals surface area contributed by atoms with Gasteiger partial charge in [-0.3, -0.25) is 9.69 Å². The first kappa shape index (κ1) is 15.5. The summed E-state index contributed by atoms with van der Waals surface area (Å²) in [6.45, 7) is 6.69. The third-order valence-corrected chi connectivity index (χ3v) is 5.35. The first-order chi connectivity index (χ1) is 10.7. The minimum atomic E-state index is -0.261. The van der Waals surface area contributed by atoms with Gasteiger partial charge in [0.15, 0.2) is 0 Å². The maximum absolute atomic E-state index is 12.7. The summed E-state index contributed by atoms with van der Waals surface area (Å²) in [4.78, 5) is 15.2. The molecule has 0 amide bonds. The van der Waals surface area contributed by atoms with Gasteiger partial charge in [0.1, 0.15) is 0 Å². The highest BCUT2D eigenvalue weighted by molar-refractivity contribution is 5.78. The molecule has 1 heterocycles. The molecule has 0 N–H and O–H groups in total. The monoisotopic (exact) mass is 301 g/mol. The van der Waals surface area contributed by atoms with Gasteiger partial charge >= 0.3 is 5.97 Å². The average Bonchev–Trinajstić information content (AvgIpc) is 2.94. The summed E-state index contributed by atoms with van der Waals surface area (Å²) in [6.07, 6.45) is 4.24. The van der Waals surface area contributed by atoms with Crippen molar-refractivity contribution in [3.05, 3.63) is 35.9 Å². The van der Waals surface area contributed by atoms with Gasteiger partial charge in [0.25, 0.3) is 0 Å². The van der Waals surface area contributed by atoms with E-state index in [9.17, 15) is 4.79 Å². The van der Waals surface area contributed by atoms with Crippen LogP contribution < -0.4 is 0 Å². The predicted octanol–water partition coefficient (Wildman–Crippen LogP) is 3.63. The Morgan fingerprint density at radius 3 is 2.86 bits per heavy atom. The molecule has 0 spiro atoms. The molecule has 1 aromatic carbocycles. The molecule has 0 bridgehead atoms. The van der Waals surface area contributed by atoms with Gasteiger partial charge in [-0.2, -0.15) is 0 Å². The summed E-state index contributed by atoms with van der Waals surface area (Å²) in [7, 11) is 0. The van der Waals surface area contributed by atoms with Gasteiger partial charge in [-0.05, 0) is 37.7 Å². The van der Waals surface area contributed by atoms with E-state index in [0.717, 1.165) is 38.8 Å². The van der Waals surface area contributed by atoms with Crippen molar-refractivity contribution < 1.29 is 9.53 Å². The van der Waals surface area contributed by atoms with E-state index in [2.05, 4.69) is 42.2 Å². The molecule has 1 saturated heterocycles. The van der Waals surface area contributed by atoms with E-state index < -0.39 is 0 Å². The van der Waals surface area contributed by atoms with Gasteiger partial charge in [0, 0.05) is 19.1 Å². The number of esters is 1. The zero-order valence-electron chi connectivity index (χ0n) is 13.8. The SMILES string of the molecule is CCOC(=O)[C@@]12CCC[C@H]1N(Cc1ccccc1)C[C@@H](C)C2. The van der Waals surface area contributed by atoms with Crippen molar-refractivity contribution >= 4 is 5.97 Å². The van der Waals surface area contributed by atoms with E-state index in [4.69, 9.17) is 4.74 Å². The summed E-state index contributed by atoms with van der Waals surface area (Å²) < 4.78 is 5.47. The predicted molar refractivity (Wildman–Crippen MR) is 87.3 cm³/mol. The molecule has 0 unspecified atom stereocenters. The summed E-state index contributed by atoms with van der Waals surface area (Å²) >= 11 is 0. The Balaban J connectivity index is 1.84. The molecular weight excluding hydrogens is 274 g/mol. The summed E-state index contributed by atoms with van der Waals surface area (Å²) in [5, 5.41) is 0. The van der Waals surface area contributed by atoms with Gasteiger partial charge < -0.3 is 4.74 Å². The number of carbonyl (C=O) groups is 1. The highest BCUT2D eigenvalue weighted by atomic mass is 16.5. The van der Waals surface area contributed by atoms with Gasteiger partial charge in [-0.1, -0.05) is 43.7 Å². The molecule has 1 aliphatic heterocycles. The van der Waals surface area contributed by atoms with Crippen molar-refractivity contribution in [2.75, 3.05) is 13.2 Å². The highest BCUT2D eigenvalue weighted by Crippen LogP contribution is 2.50. The third kappa shape index (κ3) is 2.79. The summed E-state index contributed by atoms with van der Waals surface area (Å²) in [6, 6.07) is 11.0. The second-order valence-corrected chi connectivity index (χ2v) is 7.01. The van der Waals surface area contributed by atoms with Crippen LogP contribution in [-0.2, 0) is 16.1 Å². The van der Waals surface area contributed by atoms with Crippen LogP contribution in [0.15, 0.2) is 30.3 Å². The number of rotatable bonds is 4. The quantitative estimate of drug-likeness (QED) is 0.795. The Kier molecular flexibility index (Phi) is 4.53. The standard InChI is InChI=1S/C19H27NO2/c1-3-22-18(21)19-11-7-10-17(19)20(13-15(2)12-19)14-16-8-5-4-6-9-16/h4-6,8-9,15,17H,3,7,10-14H2,1-2H3/t15-,17+,19+/m0/s1. The van der Waals surface area contributed by atoms with Crippen molar-refractivity contribution in [1.29, 1.82) is 0 Å². The van der Waals surface area contributed by atoms with Crippen molar-refractivity contribution in [2.45, 2.75) is 52.1 Å². The Morgan fingerprint density at radius 1 is 1.36 bits per heavy atom. The van der Waals surface area contributed by atoms with E-state index in [-0.39, 0.29) is 11.4 Å². The second kappa shape index (κ2) is 6.41. The maximum Gasteiger partial charge on any atom is 0.313 e. The lowest BCUT2D eigenvalue weighted by Crippen LogP contribution is -2.55. The summed E-state index contributed by atoms with van der Waals surface area (Å²) in [5.41, 5.74) is 1.07. The number of carbonyl (C=O) groups excluding carboxylic acids is 1. The molecule has 2 aliphatic rings. The van der Waals surface area contributed by atoms with Crippen LogP contribution in [0.5, 0.6) is 0 Å². The zero-order valence-corrected chi connectivity index (χ0v) is 13.8. The molecule has 22 heavy (non-hydrogen) atoms. The lowest BCUT2D eigenvalue weighted by Gasteiger charge is -2.47. The van der Waals surface area contributed by atoms with E-state index in [1.54, 1.807) is 0 Å². The number of nitrogens with zero attached hydrogens (tertiary/aromatic N) is 1. The Labute approximate surface area is 133 Å². The van der Waals surface area contributed by atoms with Crippen LogP contribution in [0.1, 0.15) is 45.1 Å². The number of fused-ring (bicyclic) bond motifs is 1. The van der Waals surface area contributed by atoms with E-state index in [1.165, 1.54) is 5.56 Å². The number of benzene rings is 1. The second-order valence-electron chi connectivity index (χ2n) is 7.01. The molecule has 3 atom stereocenters. The fourth-order valence-electron chi connectivity index (χ4n) is 4.63. The van der Waals surface area contributed by atoms with Crippen LogP contribution in [0.25, 0.3) is 0 Å². The molecule has 0 aromatic heterocycles. The maximum atomic E-state index is 12.7. The molecular formula is C19H27NO2. The topological polar surface area (TPSA) is 29.5 Å². The van der Waals surface area contributed by atoms with Crippen LogP contribution in [0.2, 0.25) is 0 Å². The number of hydrogen-bond donors (Lipinski definition) is 0. The molecule has 1 saturated carbocycles. The third-order valence-electron chi connectivity index (χ3n) is 5.35. The number of hydrogen-bond acceptors (Lipinski definition) is 3. The lowest BCUT2D eigenvalue weighted by atomic mass is 9.71. The molecule has 1 aliphatic carbocycles. The average molecular weight is 301 g/mol. The van der Waals surface area contributed by atoms with Crippen molar-refractivity contribution in [3.8, 4) is 0 Å². The Hall–Kier alpha value is -1.35. The van der Waals surface area contributed by atoms with E-state index in [0.29, 0.717) is 18.6 Å². The minimum Gasteiger partial charge on any atom is -0.466 e. The normalized spacial score (nSPS) is 31.7. The first-order valence-electron chi connectivity index (χ1n) is 8.61. The van der Waals surface area contributed by atoms with Crippen LogP contribution in [0, 0.1) is 11.3 Å². The van der Waals surface area contributed by atoms with Crippen LogP contribution in [-0.4, -0.2) is 30.1 Å². The summed E-state index contributed by atoms with van der Waals surface area (Å²) in [5.74, 6) is 0.588. The van der Waals surface area contributed by atoms with Crippen LogP contribution in [0.3, 0.4) is 0 Å². The molecule has 1 aromatic rings. The fraction of sp³-hybridized carbons (Fsp3) is 0.632. The van der Waals surface area contributed by atoms with Crippen molar-refractivity contribution in [3.63, 3.8) is 0 Å². The molecule has 3 rings (SSSR count). The lowest BCUT2D eigenvalue weighted by molar-refractivity contribution is -0.164. The molecule has 2 fully saturated rings. The highest BCUT2D eigenvalue weighted by Gasteiger charge is 2.55. The molecule has 0 radical (unpaired) electrons. The molecule has 120 valence electrons. The number of ether oxygens (including phenoxy) is 1. The van der Waals surface area contributed by atoms with Crippen molar-refractivity contribution in [1.82, 2.24) is 4.90 Å². The van der Waals surface area contributed by atoms with Gasteiger partial charge in [-0.15, -0.1) is 0 Å². The zero-order chi connectivity index (χ0) is 15.6. The van der Waals surface area contributed by atoms with Gasteiger partial charge in [0.2, 0.25) is 0 Å².